The van der Waals surface area contributed by atoms with Crippen molar-refractivity contribution in [3.8, 4) is 5.75 Å². The molecule has 34 heavy (non-hydrogen) atoms. The van der Waals surface area contributed by atoms with Crippen LogP contribution in [-0.4, -0.2) is 30.5 Å². The molecule has 0 radical (unpaired) electrons. The van der Waals surface area contributed by atoms with Gasteiger partial charge in [0, 0.05) is 11.3 Å². The summed E-state index contributed by atoms with van der Waals surface area (Å²) < 4.78 is 5.61. The summed E-state index contributed by atoms with van der Waals surface area (Å²) in [5, 5.41) is 9.30. The maximum absolute atomic E-state index is 12.3. The standard InChI is InChI=1S/C25H23ClN4O4/c1-16-11-12-19(13-17(16)2)28-23(31)15-34-22-10-6-3-7-18(22)14-27-30-25(33)24(32)29-21-9-5-4-8-20(21)26/h3-14H,15H2,1-2H3,(H,28,31)(H,29,32)(H,30,33)/b27-14-. The zero-order valence-electron chi connectivity index (χ0n) is 18.6. The summed E-state index contributed by atoms with van der Waals surface area (Å²) in [5.74, 6) is -1.82. The first-order valence-electron chi connectivity index (χ1n) is 10.3. The molecule has 0 saturated heterocycles. The quantitative estimate of drug-likeness (QED) is 0.270. The third kappa shape index (κ3) is 6.91. The Kier molecular flexibility index (Phi) is 8.37. The molecular formula is C25H23ClN4O4. The van der Waals surface area contributed by atoms with Crippen molar-refractivity contribution in [3.05, 3.63) is 88.4 Å². The van der Waals surface area contributed by atoms with Gasteiger partial charge in [0.1, 0.15) is 5.75 Å². The van der Waals surface area contributed by atoms with Gasteiger partial charge in [0.25, 0.3) is 5.91 Å². The number of carbonyl (C=O) groups excluding carboxylic acids is 3. The van der Waals surface area contributed by atoms with Gasteiger partial charge in [0.05, 0.1) is 16.9 Å². The number of nitrogens with zero attached hydrogens (tertiary/aromatic N) is 1. The maximum Gasteiger partial charge on any atom is 0.329 e. The summed E-state index contributed by atoms with van der Waals surface area (Å²) in [4.78, 5) is 36.3. The highest BCUT2D eigenvalue weighted by atomic mass is 35.5. The molecule has 0 atom stereocenters. The number of hydrazone groups is 1. The fourth-order valence-corrected chi connectivity index (χ4v) is 3.01. The number of halogens is 1. The van der Waals surface area contributed by atoms with Gasteiger partial charge in [0.15, 0.2) is 6.61 Å². The number of hydrogen-bond acceptors (Lipinski definition) is 5. The van der Waals surface area contributed by atoms with Crippen molar-refractivity contribution in [2.75, 3.05) is 17.2 Å². The zero-order valence-corrected chi connectivity index (χ0v) is 19.3. The normalized spacial score (nSPS) is 10.6. The molecule has 0 bridgehead atoms. The molecule has 0 aliphatic heterocycles. The van der Waals surface area contributed by atoms with E-state index in [1.165, 1.54) is 6.21 Å². The van der Waals surface area contributed by atoms with Crippen molar-refractivity contribution in [1.82, 2.24) is 5.43 Å². The van der Waals surface area contributed by atoms with Gasteiger partial charge < -0.3 is 15.4 Å². The Hall–Kier alpha value is -4.17. The van der Waals surface area contributed by atoms with E-state index in [0.717, 1.165) is 11.1 Å². The first-order chi connectivity index (χ1) is 16.3. The Balaban J connectivity index is 1.54. The number of anilines is 2. The van der Waals surface area contributed by atoms with E-state index in [9.17, 15) is 14.4 Å². The van der Waals surface area contributed by atoms with Gasteiger partial charge in [-0.05, 0) is 61.4 Å². The Morgan fingerprint density at radius 3 is 2.41 bits per heavy atom. The number of para-hydroxylation sites is 2. The van der Waals surface area contributed by atoms with E-state index < -0.39 is 11.8 Å². The summed E-state index contributed by atoms with van der Waals surface area (Å²) in [6.07, 6.45) is 1.32. The Morgan fingerprint density at radius 1 is 0.912 bits per heavy atom. The number of ether oxygens (including phenoxy) is 1. The monoisotopic (exact) mass is 478 g/mol. The van der Waals surface area contributed by atoms with Crippen LogP contribution in [0.2, 0.25) is 5.02 Å². The number of benzene rings is 3. The van der Waals surface area contributed by atoms with Gasteiger partial charge in [0.2, 0.25) is 0 Å². The van der Waals surface area contributed by atoms with Crippen molar-refractivity contribution >= 4 is 46.9 Å². The minimum Gasteiger partial charge on any atom is -0.483 e. The molecule has 8 nitrogen and oxygen atoms in total. The highest BCUT2D eigenvalue weighted by molar-refractivity contribution is 6.41. The highest BCUT2D eigenvalue weighted by Crippen LogP contribution is 2.20. The summed E-state index contributed by atoms with van der Waals surface area (Å²) in [6, 6.07) is 19.0. The Morgan fingerprint density at radius 2 is 1.65 bits per heavy atom. The molecule has 3 aromatic rings. The number of rotatable bonds is 7. The van der Waals surface area contributed by atoms with Crippen LogP contribution in [-0.2, 0) is 14.4 Å². The molecule has 0 fully saturated rings. The number of amides is 3. The van der Waals surface area contributed by atoms with Crippen molar-refractivity contribution in [3.63, 3.8) is 0 Å². The second kappa shape index (κ2) is 11.6. The van der Waals surface area contributed by atoms with Crippen LogP contribution in [0.3, 0.4) is 0 Å². The van der Waals surface area contributed by atoms with E-state index in [-0.39, 0.29) is 12.5 Å². The van der Waals surface area contributed by atoms with Crippen molar-refractivity contribution < 1.29 is 19.1 Å². The lowest BCUT2D eigenvalue weighted by Gasteiger charge is -2.10. The predicted molar refractivity (Wildman–Crippen MR) is 132 cm³/mol. The van der Waals surface area contributed by atoms with Crippen LogP contribution in [0.4, 0.5) is 11.4 Å². The molecule has 3 rings (SSSR count). The summed E-state index contributed by atoms with van der Waals surface area (Å²) in [6.45, 7) is 3.75. The van der Waals surface area contributed by atoms with Gasteiger partial charge in [-0.1, -0.05) is 41.9 Å². The lowest BCUT2D eigenvalue weighted by molar-refractivity contribution is -0.136. The van der Waals surface area contributed by atoms with Crippen LogP contribution >= 0.6 is 11.6 Å². The second-order valence-corrected chi connectivity index (χ2v) is 7.71. The van der Waals surface area contributed by atoms with E-state index in [1.54, 1.807) is 48.5 Å². The van der Waals surface area contributed by atoms with Gasteiger partial charge in [-0.25, -0.2) is 5.43 Å². The first kappa shape index (κ1) is 24.5. The first-order valence-corrected chi connectivity index (χ1v) is 10.7. The largest absolute Gasteiger partial charge is 0.483 e. The molecule has 9 heteroatoms. The zero-order chi connectivity index (χ0) is 24.5. The molecule has 174 valence electrons. The van der Waals surface area contributed by atoms with Crippen molar-refractivity contribution in [2.24, 2.45) is 5.10 Å². The van der Waals surface area contributed by atoms with Crippen molar-refractivity contribution in [1.29, 1.82) is 0 Å². The van der Waals surface area contributed by atoms with E-state index in [1.807, 2.05) is 32.0 Å². The number of hydrogen-bond donors (Lipinski definition) is 3. The maximum atomic E-state index is 12.3. The van der Waals surface area contributed by atoms with E-state index in [2.05, 4.69) is 21.2 Å². The minimum atomic E-state index is -0.970. The SMILES string of the molecule is Cc1ccc(NC(=O)COc2ccccc2/C=N\NC(=O)C(=O)Nc2ccccc2Cl)cc1C. The molecule has 0 spiro atoms. The molecule has 0 aromatic heterocycles. The van der Waals surface area contributed by atoms with Crippen LogP contribution in [0.5, 0.6) is 5.75 Å². The van der Waals surface area contributed by atoms with E-state index >= 15 is 0 Å². The molecule has 0 aliphatic carbocycles. The second-order valence-electron chi connectivity index (χ2n) is 7.31. The van der Waals surface area contributed by atoms with Crippen LogP contribution in [0.15, 0.2) is 71.8 Å². The third-order valence-electron chi connectivity index (χ3n) is 4.77. The van der Waals surface area contributed by atoms with Crippen LogP contribution < -0.4 is 20.8 Å². The average Bonchev–Trinajstić information content (AvgIpc) is 2.82. The number of aryl methyl sites for hydroxylation is 2. The fraction of sp³-hybridized carbons (Fsp3) is 0.120. The highest BCUT2D eigenvalue weighted by Gasteiger charge is 2.14. The molecule has 0 heterocycles. The lowest BCUT2D eigenvalue weighted by Crippen LogP contribution is -2.32. The molecule has 0 saturated carbocycles. The molecule has 0 unspecified atom stereocenters. The van der Waals surface area contributed by atoms with E-state index in [0.29, 0.717) is 27.7 Å². The van der Waals surface area contributed by atoms with E-state index in [4.69, 9.17) is 16.3 Å². The fourth-order valence-electron chi connectivity index (χ4n) is 2.83. The van der Waals surface area contributed by atoms with Gasteiger partial charge in [-0.2, -0.15) is 5.10 Å². The van der Waals surface area contributed by atoms with Crippen LogP contribution in [0, 0.1) is 13.8 Å². The third-order valence-corrected chi connectivity index (χ3v) is 5.10. The number of carbonyl (C=O) groups is 3. The van der Waals surface area contributed by atoms with Crippen LogP contribution in [0.25, 0.3) is 0 Å². The lowest BCUT2D eigenvalue weighted by atomic mass is 10.1. The summed E-state index contributed by atoms with van der Waals surface area (Å²) >= 11 is 5.97. The molecule has 3 amide bonds. The topological polar surface area (TPSA) is 109 Å². The summed E-state index contributed by atoms with van der Waals surface area (Å²) in [7, 11) is 0. The van der Waals surface area contributed by atoms with Gasteiger partial charge in [-0.3, -0.25) is 14.4 Å². The van der Waals surface area contributed by atoms with Gasteiger partial charge >= 0.3 is 11.8 Å². The molecule has 3 aromatic carbocycles. The molecule has 0 aliphatic rings. The average molecular weight is 479 g/mol. The molecular weight excluding hydrogens is 456 g/mol. The predicted octanol–water partition coefficient (Wildman–Crippen LogP) is 4.06. The smallest absolute Gasteiger partial charge is 0.329 e. The Labute approximate surface area is 202 Å². The minimum absolute atomic E-state index is 0.218. The van der Waals surface area contributed by atoms with Crippen molar-refractivity contribution in [2.45, 2.75) is 13.8 Å². The van der Waals surface area contributed by atoms with Gasteiger partial charge in [-0.15, -0.1) is 0 Å². The Bertz CT molecular complexity index is 1240. The summed E-state index contributed by atoms with van der Waals surface area (Å²) in [5.41, 5.74) is 5.86. The molecule has 3 N–H and O–H groups in total. The van der Waals surface area contributed by atoms with Crippen LogP contribution in [0.1, 0.15) is 16.7 Å². The number of nitrogens with one attached hydrogen (secondary N) is 3.